The third kappa shape index (κ3) is 5.82. The van der Waals surface area contributed by atoms with E-state index in [0.717, 1.165) is 11.1 Å². The summed E-state index contributed by atoms with van der Waals surface area (Å²) >= 11 is 0. The van der Waals surface area contributed by atoms with Crippen molar-refractivity contribution in [2.24, 2.45) is 0 Å². The lowest BCUT2D eigenvalue weighted by atomic mass is 10.1. The first kappa shape index (κ1) is 21.0. The third-order valence-electron chi connectivity index (χ3n) is 4.45. The second-order valence-electron chi connectivity index (χ2n) is 6.97. The molecule has 0 radical (unpaired) electrons. The Morgan fingerprint density at radius 1 is 1.00 bits per heavy atom. The highest BCUT2D eigenvalue weighted by molar-refractivity contribution is 7.92. The summed E-state index contributed by atoms with van der Waals surface area (Å²) < 4.78 is 25.9. The van der Waals surface area contributed by atoms with Crippen LogP contribution in [-0.2, 0) is 21.4 Å². The van der Waals surface area contributed by atoms with Crippen LogP contribution >= 0.6 is 0 Å². The van der Waals surface area contributed by atoms with Gasteiger partial charge in [-0.3, -0.25) is 9.10 Å². The Kier molecular flexibility index (Phi) is 7.02. The van der Waals surface area contributed by atoms with Crippen LogP contribution in [0.25, 0.3) is 0 Å². The van der Waals surface area contributed by atoms with Gasteiger partial charge < -0.3 is 4.90 Å². The largest absolute Gasteiger partial charge is 0.336 e. The fraction of sp³-hybridized carbons (Fsp3) is 0.381. The molecular formula is C21H28N2O3S. The number of rotatable bonds is 8. The van der Waals surface area contributed by atoms with Gasteiger partial charge >= 0.3 is 0 Å². The first-order valence-corrected chi connectivity index (χ1v) is 10.9. The maximum Gasteiger partial charge on any atom is 0.232 e. The van der Waals surface area contributed by atoms with Gasteiger partial charge in [-0.05, 0) is 38.0 Å². The third-order valence-corrected chi connectivity index (χ3v) is 5.63. The fourth-order valence-electron chi connectivity index (χ4n) is 2.99. The summed E-state index contributed by atoms with van der Waals surface area (Å²) in [6.45, 7) is 6.44. The number of amides is 1. The summed E-state index contributed by atoms with van der Waals surface area (Å²) in [6, 6.07) is 17.1. The molecule has 0 aliphatic rings. The second kappa shape index (κ2) is 9.04. The van der Waals surface area contributed by atoms with E-state index in [1.165, 1.54) is 10.6 Å². The van der Waals surface area contributed by atoms with Crippen LogP contribution in [0, 0.1) is 6.92 Å². The van der Waals surface area contributed by atoms with Gasteiger partial charge in [0.1, 0.15) is 0 Å². The topological polar surface area (TPSA) is 57.7 Å². The van der Waals surface area contributed by atoms with E-state index in [-0.39, 0.29) is 24.9 Å². The van der Waals surface area contributed by atoms with Crippen LogP contribution in [0.4, 0.5) is 5.69 Å². The molecule has 0 unspecified atom stereocenters. The zero-order chi connectivity index (χ0) is 20.0. The van der Waals surface area contributed by atoms with E-state index in [1.807, 2.05) is 63.2 Å². The average molecular weight is 389 g/mol. The lowest BCUT2D eigenvalue weighted by Crippen LogP contribution is -2.39. The molecule has 0 heterocycles. The van der Waals surface area contributed by atoms with Crippen molar-refractivity contribution in [3.05, 3.63) is 65.7 Å². The molecule has 0 spiro atoms. The maximum absolute atomic E-state index is 12.8. The van der Waals surface area contributed by atoms with Crippen molar-refractivity contribution < 1.29 is 13.2 Å². The van der Waals surface area contributed by atoms with E-state index in [2.05, 4.69) is 0 Å². The van der Waals surface area contributed by atoms with E-state index in [1.54, 1.807) is 17.0 Å². The first-order chi connectivity index (χ1) is 12.7. The smallest absolute Gasteiger partial charge is 0.232 e. The zero-order valence-corrected chi connectivity index (χ0v) is 17.2. The summed E-state index contributed by atoms with van der Waals surface area (Å²) in [7, 11) is -3.48. The quantitative estimate of drug-likeness (QED) is 0.694. The predicted molar refractivity (Wildman–Crippen MR) is 110 cm³/mol. The molecule has 0 aliphatic carbocycles. The Morgan fingerprint density at radius 2 is 1.59 bits per heavy atom. The highest BCUT2D eigenvalue weighted by Gasteiger charge is 2.23. The van der Waals surface area contributed by atoms with E-state index < -0.39 is 10.0 Å². The van der Waals surface area contributed by atoms with Crippen LogP contribution in [-0.4, -0.2) is 38.1 Å². The Hall–Kier alpha value is -2.34. The molecule has 1 amide bonds. The lowest BCUT2D eigenvalue weighted by molar-refractivity contribution is -0.133. The number of para-hydroxylation sites is 1. The average Bonchev–Trinajstić information content (AvgIpc) is 2.60. The molecule has 0 aromatic heterocycles. The Balaban J connectivity index is 2.15. The standard InChI is InChI=1S/C21H28N2O3S/c1-17(2)22(16-19-11-6-5-7-12-19)21(24)14-15-23(27(4,25)26)20-13-9-8-10-18(20)3/h5-13,17H,14-16H2,1-4H3. The molecule has 0 bridgehead atoms. The van der Waals surface area contributed by atoms with Gasteiger partial charge in [-0.1, -0.05) is 48.5 Å². The van der Waals surface area contributed by atoms with Crippen molar-refractivity contribution in [2.45, 2.75) is 39.8 Å². The molecule has 0 saturated heterocycles. The molecule has 6 heteroatoms. The van der Waals surface area contributed by atoms with Crippen molar-refractivity contribution in [3.63, 3.8) is 0 Å². The molecule has 2 rings (SSSR count). The number of anilines is 1. The molecule has 146 valence electrons. The van der Waals surface area contributed by atoms with Crippen molar-refractivity contribution in [1.82, 2.24) is 4.90 Å². The molecule has 27 heavy (non-hydrogen) atoms. The van der Waals surface area contributed by atoms with Crippen LogP contribution in [0.15, 0.2) is 54.6 Å². The molecule has 2 aromatic carbocycles. The van der Waals surface area contributed by atoms with Gasteiger partial charge in [-0.15, -0.1) is 0 Å². The van der Waals surface area contributed by atoms with Crippen molar-refractivity contribution in [2.75, 3.05) is 17.1 Å². The summed E-state index contributed by atoms with van der Waals surface area (Å²) in [5, 5.41) is 0. The molecule has 5 nitrogen and oxygen atoms in total. The van der Waals surface area contributed by atoms with Crippen LogP contribution in [0.3, 0.4) is 0 Å². The van der Waals surface area contributed by atoms with Crippen LogP contribution in [0.5, 0.6) is 0 Å². The van der Waals surface area contributed by atoms with Crippen molar-refractivity contribution in [1.29, 1.82) is 0 Å². The Labute approximate surface area is 162 Å². The zero-order valence-electron chi connectivity index (χ0n) is 16.4. The fourth-order valence-corrected chi connectivity index (χ4v) is 3.97. The summed E-state index contributed by atoms with van der Waals surface area (Å²) in [4.78, 5) is 14.6. The predicted octanol–water partition coefficient (Wildman–Crippen LogP) is 3.59. The SMILES string of the molecule is Cc1ccccc1N(CCC(=O)N(Cc1ccccc1)C(C)C)S(C)(=O)=O. The van der Waals surface area contributed by atoms with E-state index in [4.69, 9.17) is 0 Å². The number of nitrogens with zero attached hydrogens (tertiary/aromatic N) is 2. The molecule has 0 fully saturated rings. The number of aryl methyl sites for hydroxylation is 1. The van der Waals surface area contributed by atoms with E-state index in [9.17, 15) is 13.2 Å². The van der Waals surface area contributed by atoms with E-state index >= 15 is 0 Å². The summed E-state index contributed by atoms with van der Waals surface area (Å²) in [5.74, 6) is -0.0592. The van der Waals surface area contributed by atoms with Gasteiger partial charge in [0.05, 0.1) is 11.9 Å². The first-order valence-electron chi connectivity index (χ1n) is 9.07. The van der Waals surface area contributed by atoms with Crippen LogP contribution in [0.2, 0.25) is 0 Å². The number of hydrogen-bond donors (Lipinski definition) is 0. The van der Waals surface area contributed by atoms with Gasteiger partial charge in [0.15, 0.2) is 0 Å². The molecule has 0 N–H and O–H groups in total. The molecule has 0 aliphatic heterocycles. The molecule has 0 atom stereocenters. The number of benzene rings is 2. The van der Waals surface area contributed by atoms with Crippen molar-refractivity contribution >= 4 is 21.6 Å². The van der Waals surface area contributed by atoms with Crippen LogP contribution in [0.1, 0.15) is 31.4 Å². The summed E-state index contributed by atoms with van der Waals surface area (Å²) in [6.07, 6.45) is 1.31. The van der Waals surface area contributed by atoms with Crippen LogP contribution < -0.4 is 4.31 Å². The molecule has 2 aromatic rings. The normalized spacial score (nSPS) is 11.4. The van der Waals surface area contributed by atoms with Gasteiger partial charge in [0, 0.05) is 25.6 Å². The Morgan fingerprint density at radius 3 is 2.15 bits per heavy atom. The minimum absolute atomic E-state index is 0.0304. The highest BCUT2D eigenvalue weighted by Crippen LogP contribution is 2.22. The van der Waals surface area contributed by atoms with Gasteiger partial charge in [0.25, 0.3) is 0 Å². The number of carbonyl (C=O) groups is 1. The number of hydrogen-bond acceptors (Lipinski definition) is 3. The van der Waals surface area contributed by atoms with E-state index in [0.29, 0.717) is 12.2 Å². The number of sulfonamides is 1. The minimum Gasteiger partial charge on any atom is -0.336 e. The maximum atomic E-state index is 12.8. The summed E-state index contributed by atoms with van der Waals surface area (Å²) in [5.41, 5.74) is 2.53. The Bertz CT molecular complexity index is 864. The van der Waals surface area contributed by atoms with Gasteiger partial charge in [0.2, 0.25) is 15.9 Å². The highest BCUT2D eigenvalue weighted by atomic mass is 32.2. The van der Waals surface area contributed by atoms with Crippen molar-refractivity contribution in [3.8, 4) is 0 Å². The van der Waals surface area contributed by atoms with Gasteiger partial charge in [-0.25, -0.2) is 8.42 Å². The minimum atomic E-state index is -3.48. The molecule has 0 saturated carbocycles. The van der Waals surface area contributed by atoms with Gasteiger partial charge in [-0.2, -0.15) is 0 Å². The second-order valence-corrected chi connectivity index (χ2v) is 8.88. The monoisotopic (exact) mass is 388 g/mol. The molecular weight excluding hydrogens is 360 g/mol. The number of carbonyl (C=O) groups excluding carboxylic acids is 1. The lowest BCUT2D eigenvalue weighted by Gasteiger charge is -2.29.